The van der Waals surface area contributed by atoms with E-state index in [1.165, 1.54) is 24.9 Å². The van der Waals surface area contributed by atoms with Gasteiger partial charge in [-0.3, -0.25) is 24.1 Å². The standard InChI is InChI=1S/C53H61Cl2N7O8/c1-33-51(64)57-44(32-67-5)53(66)59(3)39(24-34-12-17-37(54)18-13-34)29-58(2)52(65)42(43-31-69-50-41(43)10-9-11-46(50)68-6)26-49(63)62(33)28-36-14-19-38(55)25-47(36)70-40-20-15-35(16-21-40)45-27-56-48(60(45)4)30-61-22-7-8-23-61/h9-21,25,27,33,39,42-44H,7-8,22-24,26,28-32H2,1-6H3,(H,57,64)/t33-,39+,42-,43?,44-/m0/s1. The molecule has 5 aromatic rings. The van der Waals surface area contributed by atoms with Gasteiger partial charge in [0.2, 0.25) is 23.6 Å². The monoisotopic (exact) mass is 993 g/mol. The Balaban J connectivity index is 1.12. The van der Waals surface area contributed by atoms with Gasteiger partial charge < -0.3 is 43.5 Å². The normalized spacial score (nSPS) is 21.7. The molecule has 2 saturated heterocycles. The van der Waals surface area contributed by atoms with Crippen molar-refractivity contribution in [3.8, 4) is 34.3 Å². The Labute approximate surface area is 419 Å². The van der Waals surface area contributed by atoms with Crippen molar-refractivity contribution >= 4 is 46.8 Å². The molecule has 3 aliphatic rings. The number of methoxy groups -OCH3 is 2. The third-order valence-electron chi connectivity index (χ3n) is 13.9. The van der Waals surface area contributed by atoms with Gasteiger partial charge in [0.25, 0.3) is 0 Å². The maximum atomic E-state index is 15.2. The molecule has 5 atom stereocenters. The molecule has 0 bridgehead atoms. The van der Waals surface area contributed by atoms with Crippen molar-refractivity contribution in [3.05, 3.63) is 124 Å². The minimum Gasteiger partial charge on any atom is -0.493 e. The number of likely N-dealkylation sites (N-methyl/N-ethyl adjacent to an activating group) is 2. The van der Waals surface area contributed by atoms with Crippen LogP contribution in [0.2, 0.25) is 10.0 Å². The maximum Gasteiger partial charge on any atom is 0.247 e. The van der Waals surface area contributed by atoms with Crippen LogP contribution in [0.4, 0.5) is 0 Å². The molecule has 0 aliphatic carbocycles. The molecule has 4 heterocycles. The quantitative estimate of drug-likeness (QED) is 0.127. The van der Waals surface area contributed by atoms with Gasteiger partial charge in [0.05, 0.1) is 57.3 Å². The van der Waals surface area contributed by atoms with Gasteiger partial charge in [-0.25, -0.2) is 4.98 Å². The van der Waals surface area contributed by atoms with E-state index in [0.717, 1.165) is 47.8 Å². The van der Waals surface area contributed by atoms with Gasteiger partial charge in [-0.15, -0.1) is 0 Å². The number of para-hydroxylation sites is 1. The molecule has 0 radical (unpaired) electrons. The number of nitrogens with zero attached hydrogens (tertiary/aromatic N) is 6. The van der Waals surface area contributed by atoms with E-state index in [1.54, 1.807) is 74.3 Å². The fraction of sp³-hybridized carbons (Fsp3) is 0.415. The second-order valence-corrected chi connectivity index (χ2v) is 19.3. The fourth-order valence-corrected chi connectivity index (χ4v) is 10.0. The molecular formula is C53H61Cl2N7O8. The highest BCUT2D eigenvalue weighted by atomic mass is 35.5. The van der Waals surface area contributed by atoms with Crippen LogP contribution < -0.4 is 19.5 Å². The van der Waals surface area contributed by atoms with Crippen LogP contribution in [0.25, 0.3) is 11.3 Å². The van der Waals surface area contributed by atoms with Crippen molar-refractivity contribution in [2.24, 2.45) is 13.0 Å². The Morgan fingerprint density at radius 1 is 0.829 bits per heavy atom. The van der Waals surface area contributed by atoms with E-state index >= 15 is 9.59 Å². The van der Waals surface area contributed by atoms with Crippen molar-refractivity contribution < 1.29 is 38.1 Å². The summed E-state index contributed by atoms with van der Waals surface area (Å²) < 4.78 is 26.0. The van der Waals surface area contributed by atoms with Gasteiger partial charge in [-0.1, -0.05) is 53.5 Å². The molecule has 1 unspecified atom stereocenters. The summed E-state index contributed by atoms with van der Waals surface area (Å²) >= 11 is 12.8. The Hall–Kier alpha value is -6.13. The third kappa shape index (κ3) is 11.2. The summed E-state index contributed by atoms with van der Waals surface area (Å²) in [4.78, 5) is 71.1. The van der Waals surface area contributed by atoms with Gasteiger partial charge >= 0.3 is 0 Å². The minimum atomic E-state index is -1.14. The average molecular weight is 995 g/mol. The van der Waals surface area contributed by atoms with E-state index in [1.807, 2.05) is 61.8 Å². The Morgan fingerprint density at radius 3 is 2.27 bits per heavy atom. The van der Waals surface area contributed by atoms with Gasteiger partial charge in [-0.05, 0) is 99.4 Å². The number of aromatic nitrogens is 2. The first kappa shape index (κ1) is 50.3. The highest BCUT2D eigenvalue weighted by Gasteiger charge is 2.43. The number of fused-ring (bicyclic) bond motifs is 1. The molecule has 70 heavy (non-hydrogen) atoms. The molecule has 1 N–H and O–H groups in total. The van der Waals surface area contributed by atoms with Crippen LogP contribution >= 0.6 is 23.2 Å². The molecule has 8 rings (SSSR count). The van der Waals surface area contributed by atoms with E-state index in [9.17, 15) is 9.59 Å². The second kappa shape index (κ2) is 22.3. The van der Waals surface area contributed by atoms with Gasteiger partial charge in [0.15, 0.2) is 11.5 Å². The molecule has 0 spiro atoms. The van der Waals surface area contributed by atoms with Gasteiger partial charge in [0.1, 0.15) is 29.4 Å². The SMILES string of the molecule is COC[C@@H]1NC(=O)[C@H](C)N(Cc2ccc(Cl)cc2Oc2ccc(-c3cnc(CN4CCCC4)n3C)cc2)C(=O)C[C@@H](C2COc3c(OC)cccc32)C(=O)N(C)C[C@@H](Cc2ccc(Cl)cc2)N(C)C1=O. The summed E-state index contributed by atoms with van der Waals surface area (Å²) in [5.41, 5.74) is 4.11. The lowest BCUT2D eigenvalue weighted by molar-refractivity contribution is -0.148. The van der Waals surface area contributed by atoms with Crippen molar-refractivity contribution in [3.63, 3.8) is 0 Å². The molecule has 1 aromatic heterocycles. The number of ether oxygens (including phenoxy) is 4. The molecule has 2 fully saturated rings. The number of rotatable bonds is 13. The second-order valence-electron chi connectivity index (χ2n) is 18.5. The number of benzene rings is 4. The molecule has 17 heteroatoms. The number of likely N-dealkylation sites (tertiary alicyclic amines) is 1. The first-order valence-electron chi connectivity index (χ1n) is 23.7. The summed E-state index contributed by atoms with van der Waals surface area (Å²) in [5, 5.41) is 3.87. The lowest BCUT2D eigenvalue weighted by Crippen LogP contribution is -2.58. The molecule has 4 aromatic carbocycles. The first-order chi connectivity index (χ1) is 33.7. The van der Waals surface area contributed by atoms with Crippen LogP contribution in [-0.4, -0.2) is 132 Å². The zero-order valence-electron chi connectivity index (χ0n) is 40.5. The van der Waals surface area contributed by atoms with E-state index in [-0.39, 0.29) is 38.6 Å². The molecule has 0 saturated carbocycles. The van der Waals surface area contributed by atoms with Crippen LogP contribution in [0.15, 0.2) is 91.1 Å². The lowest BCUT2D eigenvalue weighted by atomic mass is 9.83. The highest BCUT2D eigenvalue weighted by molar-refractivity contribution is 6.31. The largest absolute Gasteiger partial charge is 0.493 e. The third-order valence-corrected chi connectivity index (χ3v) is 14.4. The predicted molar refractivity (Wildman–Crippen MR) is 267 cm³/mol. The van der Waals surface area contributed by atoms with Crippen LogP contribution in [0.5, 0.6) is 23.0 Å². The summed E-state index contributed by atoms with van der Waals surface area (Å²) in [5.74, 6) is -0.398. The van der Waals surface area contributed by atoms with Crippen LogP contribution in [-0.2, 0) is 50.5 Å². The Morgan fingerprint density at radius 2 is 1.56 bits per heavy atom. The average Bonchev–Trinajstić information content (AvgIpc) is 4.13. The predicted octanol–water partition coefficient (Wildman–Crippen LogP) is 7.36. The van der Waals surface area contributed by atoms with Crippen LogP contribution in [0, 0.1) is 5.92 Å². The number of hydrogen-bond acceptors (Lipinski definition) is 10. The van der Waals surface area contributed by atoms with Crippen molar-refractivity contribution in [1.29, 1.82) is 0 Å². The number of imidazole rings is 1. The topological polar surface area (TPSA) is 148 Å². The summed E-state index contributed by atoms with van der Waals surface area (Å²) in [7, 11) is 8.37. The maximum absolute atomic E-state index is 15.2. The zero-order valence-corrected chi connectivity index (χ0v) is 42.0. The van der Waals surface area contributed by atoms with Crippen molar-refractivity contribution in [2.45, 2.75) is 69.7 Å². The Bertz CT molecular complexity index is 2670. The minimum absolute atomic E-state index is 0.106. The van der Waals surface area contributed by atoms with Crippen LogP contribution in [0.3, 0.4) is 0 Å². The molecule has 4 amide bonds. The van der Waals surface area contributed by atoms with E-state index in [4.69, 9.17) is 47.1 Å². The lowest BCUT2D eigenvalue weighted by Gasteiger charge is -2.38. The fourth-order valence-electron chi connectivity index (χ4n) is 9.75. The molecule has 15 nitrogen and oxygen atoms in total. The van der Waals surface area contributed by atoms with Crippen LogP contribution in [0.1, 0.15) is 54.6 Å². The zero-order chi connectivity index (χ0) is 49.6. The molecule has 370 valence electrons. The van der Waals surface area contributed by atoms with Crippen molar-refractivity contribution in [1.82, 2.24) is 34.5 Å². The van der Waals surface area contributed by atoms with E-state index in [0.29, 0.717) is 45.0 Å². The Kier molecular flexibility index (Phi) is 16.0. The summed E-state index contributed by atoms with van der Waals surface area (Å²) in [6.07, 6.45) is 4.40. The van der Waals surface area contributed by atoms with E-state index in [2.05, 4.69) is 14.8 Å². The van der Waals surface area contributed by atoms with Gasteiger partial charge in [-0.2, -0.15) is 0 Å². The van der Waals surface area contributed by atoms with Crippen molar-refractivity contribution in [2.75, 3.05) is 61.2 Å². The number of hydrogen-bond donors (Lipinski definition) is 1. The number of carbonyl (C=O) groups is 4. The number of carbonyl (C=O) groups excluding carboxylic acids is 4. The number of amides is 4. The summed E-state index contributed by atoms with van der Waals surface area (Å²) in [6.45, 7) is 4.54. The first-order valence-corrected chi connectivity index (χ1v) is 24.4. The highest BCUT2D eigenvalue weighted by Crippen LogP contribution is 2.46. The smallest absolute Gasteiger partial charge is 0.247 e. The summed E-state index contributed by atoms with van der Waals surface area (Å²) in [6, 6.07) is 22.8. The number of halogens is 2. The molecule has 3 aliphatic heterocycles. The number of nitrogens with one attached hydrogen (secondary N) is 1. The van der Waals surface area contributed by atoms with Gasteiger partial charge in [0, 0.05) is 73.9 Å². The molecular weight excluding hydrogens is 934 g/mol. The van der Waals surface area contributed by atoms with E-state index < -0.39 is 47.7 Å².